The molecular formula is C32H31NO4. The van der Waals surface area contributed by atoms with Crippen molar-refractivity contribution < 1.29 is 19.1 Å². The number of hydrogen-bond acceptors (Lipinski definition) is 5. The van der Waals surface area contributed by atoms with Gasteiger partial charge >= 0.3 is 5.97 Å². The lowest BCUT2D eigenvalue weighted by atomic mass is 9.69. The van der Waals surface area contributed by atoms with Crippen molar-refractivity contribution in [2.45, 2.75) is 38.2 Å². The van der Waals surface area contributed by atoms with Gasteiger partial charge in [0.15, 0.2) is 5.78 Å². The fraction of sp³-hybridized carbons (Fsp3) is 0.250. The Hall–Kier alpha value is -4.12. The number of allylic oxidation sites excluding steroid dienone is 2. The van der Waals surface area contributed by atoms with Crippen molar-refractivity contribution in [3.63, 3.8) is 0 Å². The molecule has 0 amide bonds. The number of carbonyl (C=O) groups is 2. The van der Waals surface area contributed by atoms with E-state index in [9.17, 15) is 9.59 Å². The zero-order chi connectivity index (χ0) is 25.8. The van der Waals surface area contributed by atoms with Gasteiger partial charge in [-0.25, -0.2) is 0 Å². The Kier molecular flexibility index (Phi) is 7.22. The largest absolute Gasteiger partial charge is 0.494 e. The van der Waals surface area contributed by atoms with Crippen LogP contribution >= 0.6 is 0 Å². The van der Waals surface area contributed by atoms with E-state index in [1.165, 1.54) is 0 Å². The summed E-state index contributed by atoms with van der Waals surface area (Å²) in [6.45, 7) is 6.89. The molecule has 5 heteroatoms. The van der Waals surface area contributed by atoms with E-state index in [2.05, 4.69) is 24.0 Å². The Labute approximate surface area is 217 Å². The lowest BCUT2D eigenvalue weighted by Gasteiger charge is -2.40. The molecule has 5 nitrogen and oxygen atoms in total. The highest BCUT2D eigenvalue weighted by atomic mass is 16.5. The first-order chi connectivity index (χ1) is 18.0. The van der Waals surface area contributed by atoms with Gasteiger partial charge in [-0.1, -0.05) is 79.4 Å². The van der Waals surface area contributed by atoms with E-state index in [4.69, 9.17) is 9.47 Å². The summed E-state index contributed by atoms with van der Waals surface area (Å²) in [5, 5.41) is 3.35. The number of esters is 1. The van der Waals surface area contributed by atoms with E-state index < -0.39 is 17.8 Å². The second-order valence-electron chi connectivity index (χ2n) is 9.53. The highest BCUT2D eigenvalue weighted by Gasteiger charge is 2.45. The SMILES string of the molecule is C=C1NC2=C(C(=O)CC(c3ccccc3)C2)C(c2ccc(OCC)cc2)C1C(=O)OCc1ccccc1. The Balaban J connectivity index is 1.50. The first-order valence-corrected chi connectivity index (χ1v) is 12.8. The molecule has 1 heterocycles. The summed E-state index contributed by atoms with van der Waals surface area (Å²) in [6, 6.07) is 27.3. The lowest BCUT2D eigenvalue weighted by Crippen LogP contribution is -2.42. The molecule has 0 aromatic heterocycles. The van der Waals surface area contributed by atoms with E-state index >= 15 is 0 Å². The maximum Gasteiger partial charge on any atom is 0.316 e. The Morgan fingerprint density at radius 2 is 1.59 bits per heavy atom. The summed E-state index contributed by atoms with van der Waals surface area (Å²) < 4.78 is 11.4. The zero-order valence-electron chi connectivity index (χ0n) is 21.0. The maximum atomic E-state index is 13.7. The Morgan fingerprint density at radius 1 is 0.919 bits per heavy atom. The molecule has 188 valence electrons. The summed E-state index contributed by atoms with van der Waals surface area (Å²) in [6.07, 6.45) is 1.08. The van der Waals surface area contributed by atoms with E-state index in [1.54, 1.807) is 0 Å². The highest BCUT2D eigenvalue weighted by Crippen LogP contribution is 2.47. The van der Waals surface area contributed by atoms with Crippen LogP contribution in [0.5, 0.6) is 5.75 Å². The molecule has 0 saturated heterocycles. The second kappa shape index (κ2) is 10.9. The molecular weight excluding hydrogens is 462 g/mol. The number of rotatable bonds is 7. The van der Waals surface area contributed by atoms with Gasteiger partial charge < -0.3 is 14.8 Å². The predicted octanol–water partition coefficient (Wildman–Crippen LogP) is 6.05. The van der Waals surface area contributed by atoms with Crippen LogP contribution in [0.15, 0.2) is 108 Å². The lowest BCUT2D eigenvalue weighted by molar-refractivity contribution is -0.149. The minimum absolute atomic E-state index is 0.0508. The van der Waals surface area contributed by atoms with Crippen LogP contribution in [0, 0.1) is 5.92 Å². The van der Waals surface area contributed by atoms with Crippen molar-refractivity contribution >= 4 is 11.8 Å². The summed E-state index contributed by atoms with van der Waals surface area (Å²) in [7, 11) is 0. The van der Waals surface area contributed by atoms with Crippen molar-refractivity contribution in [1.29, 1.82) is 0 Å². The summed E-state index contributed by atoms with van der Waals surface area (Å²) in [4.78, 5) is 27.2. The number of benzene rings is 3. The first-order valence-electron chi connectivity index (χ1n) is 12.8. The quantitative estimate of drug-likeness (QED) is 0.406. The van der Waals surface area contributed by atoms with Gasteiger partial charge in [-0.05, 0) is 48.1 Å². The Bertz CT molecular complexity index is 1310. The number of nitrogens with one attached hydrogen (secondary N) is 1. The fourth-order valence-electron chi connectivity index (χ4n) is 5.40. The number of ether oxygens (including phenoxy) is 2. The second-order valence-corrected chi connectivity index (χ2v) is 9.53. The van der Waals surface area contributed by atoms with Gasteiger partial charge in [0.1, 0.15) is 18.3 Å². The van der Waals surface area contributed by atoms with Crippen molar-refractivity contribution in [1.82, 2.24) is 5.32 Å². The van der Waals surface area contributed by atoms with Gasteiger partial charge in [-0.2, -0.15) is 0 Å². The number of hydrogen-bond donors (Lipinski definition) is 1. The van der Waals surface area contributed by atoms with Crippen molar-refractivity contribution in [2.75, 3.05) is 6.61 Å². The van der Waals surface area contributed by atoms with Crippen molar-refractivity contribution in [3.8, 4) is 5.75 Å². The molecule has 3 aromatic carbocycles. The van der Waals surface area contributed by atoms with E-state index in [0.29, 0.717) is 30.7 Å². The van der Waals surface area contributed by atoms with Crippen LogP contribution in [-0.4, -0.2) is 18.4 Å². The maximum absolute atomic E-state index is 13.7. The minimum Gasteiger partial charge on any atom is -0.494 e. The molecule has 3 atom stereocenters. The highest BCUT2D eigenvalue weighted by molar-refractivity contribution is 6.01. The third kappa shape index (κ3) is 5.21. The molecule has 1 aliphatic carbocycles. The number of carbonyl (C=O) groups excluding carboxylic acids is 2. The third-order valence-electron chi connectivity index (χ3n) is 7.14. The molecule has 1 aliphatic heterocycles. The van der Waals surface area contributed by atoms with Crippen LogP contribution in [-0.2, 0) is 20.9 Å². The molecule has 3 aromatic rings. The van der Waals surface area contributed by atoms with E-state index in [0.717, 1.165) is 28.1 Å². The molecule has 0 saturated carbocycles. The molecule has 0 fully saturated rings. The Morgan fingerprint density at radius 3 is 2.27 bits per heavy atom. The van der Waals surface area contributed by atoms with Gasteiger partial charge in [0, 0.05) is 29.3 Å². The fourth-order valence-corrected chi connectivity index (χ4v) is 5.40. The van der Waals surface area contributed by atoms with Gasteiger partial charge in [-0.3, -0.25) is 9.59 Å². The molecule has 0 spiro atoms. The van der Waals surface area contributed by atoms with Gasteiger partial charge in [0.2, 0.25) is 0 Å². The summed E-state index contributed by atoms with van der Waals surface area (Å²) in [5.74, 6) is -0.727. The van der Waals surface area contributed by atoms with Crippen LogP contribution in [0.4, 0.5) is 0 Å². The van der Waals surface area contributed by atoms with Gasteiger partial charge in [0.25, 0.3) is 0 Å². The van der Waals surface area contributed by atoms with Gasteiger partial charge in [0.05, 0.1) is 6.61 Å². The van der Waals surface area contributed by atoms with Crippen LogP contribution in [0.25, 0.3) is 0 Å². The number of ketones is 1. The average Bonchev–Trinajstić information content (AvgIpc) is 2.92. The molecule has 1 N–H and O–H groups in total. The van der Waals surface area contributed by atoms with E-state index in [1.807, 2.05) is 79.7 Å². The smallest absolute Gasteiger partial charge is 0.316 e. The van der Waals surface area contributed by atoms with Crippen LogP contribution in [0.3, 0.4) is 0 Å². The standard InChI is InChI=1S/C32H31NO4/c1-3-36-26-16-14-24(15-17-26)30-29(32(35)37-20-22-10-6-4-7-11-22)21(2)33-27-18-25(19-28(34)31(27)30)23-12-8-5-9-13-23/h4-17,25,29-30,33H,2-3,18-20H2,1H3. The van der Waals surface area contributed by atoms with Crippen LogP contribution in [0.1, 0.15) is 48.3 Å². The van der Waals surface area contributed by atoms with Crippen molar-refractivity contribution in [2.24, 2.45) is 5.92 Å². The summed E-state index contributed by atoms with van der Waals surface area (Å²) >= 11 is 0. The topological polar surface area (TPSA) is 64.6 Å². The minimum atomic E-state index is -0.724. The average molecular weight is 494 g/mol. The molecule has 2 aliphatic rings. The van der Waals surface area contributed by atoms with Gasteiger partial charge in [-0.15, -0.1) is 0 Å². The summed E-state index contributed by atoms with van der Waals surface area (Å²) in [5.41, 5.74) is 4.97. The predicted molar refractivity (Wildman–Crippen MR) is 143 cm³/mol. The monoisotopic (exact) mass is 493 g/mol. The molecule has 3 unspecified atom stereocenters. The molecule has 37 heavy (non-hydrogen) atoms. The number of Topliss-reactive ketones (excluding diaryl/α,β-unsaturated/α-hetero) is 1. The third-order valence-corrected chi connectivity index (χ3v) is 7.14. The molecule has 0 bridgehead atoms. The van der Waals surface area contributed by atoms with Crippen LogP contribution in [0.2, 0.25) is 0 Å². The molecule has 0 radical (unpaired) electrons. The first kappa shape index (κ1) is 24.6. The molecule has 5 rings (SSSR count). The normalized spacial score (nSPS) is 21.2. The van der Waals surface area contributed by atoms with Crippen LogP contribution < -0.4 is 10.1 Å². The zero-order valence-corrected chi connectivity index (χ0v) is 21.0. The van der Waals surface area contributed by atoms with Crippen molar-refractivity contribution in [3.05, 3.63) is 125 Å². The van der Waals surface area contributed by atoms with E-state index in [-0.39, 0.29) is 18.3 Å².